The molecule has 0 saturated carbocycles. The van der Waals surface area contributed by atoms with Crippen LogP contribution in [0.3, 0.4) is 0 Å². The van der Waals surface area contributed by atoms with Crippen molar-refractivity contribution in [3.05, 3.63) is 276 Å². The molecule has 0 fully saturated rings. The van der Waals surface area contributed by atoms with E-state index in [2.05, 4.69) is 232 Å². The van der Waals surface area contributed by atoms with Gasteiger partial charge in [-0.15, -0.1) is 0 Å². The molecule has 0 amide bonds. The van der Waals surface area contributed by atoms with Gasteiger partial charge in [-0.1, -0.05) is 238 Å². The standard InChI is InChI=1S/C67H50N4/c1-3-45-22-17-19-33-57(45)67(58-34-20-18-23-46(58)4-2)59-41-40-53(54-43-61(49-26-11-6-12-27-49)68-62(44-54)50-28-13-7-14-29-50)42-56(59)63-55(32-21-35-60(63)67)66-70-64(51-30-15-8-16-31-51)69-65(71-66)52-38-36-48(37-39-52)47-24-9-5-10-25-47/h5-44H,3-4H2,1-2H3. The van der Waals surface area contributed by atoms with Crippen molar-refractivity contribution in [2.24, 2.45) is 0 Å². The van der Waals surface area contributed by atoms with Gasteiger partial charge in [0.2, 0.25) is 0 Å². The number of nitrogens with zero attached hydrogens (tertiary/aromatic N) is 4. The van der Waals surface area contributed by atoms with Crippen molar-refractivity contribution in [2.45, 2.75) is 32.1 Å². The van der Waals surface area contributed by atoms with E-state index in [1.54, 1.807) is 0 Å². The molecular formula is C67H50N4. The van der Waals surface area contributed by atoms with Crippen LogP contribution in [-0.2, 0) is 18.3 Å². The maximum absolute atomic E-state index is 5.45. The van der Waals surface area contributed by atoms with Gasteiger partial charge in [-0.25, -0.2) is 19.9 Å². The lowest BCUT2D eigenvalue weighted by Gasteiger charge is -2.37. The van der Waals surface area contributed by atoms with Crippen molar-refractivity contribution in [3.63, 3.8) is 0 Å². The molecule has 0 aliphatic heterocycles. The first-order valence-electron chi connectivity index (χ1n) is 24.7. The summed E-state index contributed by atoms with van der Waals surface area (Å²) in [6.45, 7) is 4.55. The van der Waals surface area contributed by atoms with Crippen LogP contribution in [0, 0.1) is 0 Å². The lowest BCUT2D eigenvalue weighted by Crippen LogP contribution is -2.31. The van der Waals surface area contributed by atoms with Crippen LogP contribution in [0.1, 0.15) is 47.2 Å². The van der Waals surface area contributed by atoms with Crippen molar-refractivity contribution >= 4 is 0 Å². The Balaban J connectivity index is 1.15. The Bertz CT molecular complexity index is 3590. The largest absolute Gasteiger partial charge is 0.248 e. The maximum atomic E-state index is 5.45. The summed E-state index contributed by atoms with van der Waals surface area (Å²) in [7, 11) is 0. The summed E-state index contributed by atoms with van der Waals surface area (Å²) in [5, 5.41) is 0. The van der Waals surface area contributed by atoms with Crippen LogP contribution >= 0.6 is 0 Å². The number of pyridine rings is 1. The van der Waals surface area contributed by atoms with Gasteiger partial charge in [0.05, 0.1) is 16.8 Å². The minimum Gasteiger partial charge on any atom is -0.248 e. The summed E-state index contributed by atoms with van der Waals surface area (Å²) < 4.78 is 0. The van der Waals surface area contributed by atoms with E-state index in [4.69, 9.17) is 19.9 Å². The fourth-order valence-corrected chi connectivity index (χ4v) is 10.9. The predicted molar refractivity (Wildman–Crippen MR) is 292 cm³/mol. The number of benzene rings is 9. The van der Waals surface area contributed by atoms with Crippen LogP contribution in [0.25, 0.3) is 90.1 Å². The van der Waals surface area contributed by atoms with Gasteiger partial charge in [-0.3, -0.25) is 0 Å². The molecule has 338 valence electrons. The van der Waals surface area contributed by atoms with Crippen molar-refractivity contribution < 1.29 is 0 Å². The van der Waals surface area contributed by atoms with E-state index in [0.717, 1.165) is 85.4 Å². The van der Waals surface area contributed by atoms with Crippen LogP contribution < -0.4 is 0 Å². The van der Waals surface area contributed by atoms with Crippen molar-refractivity contribution in [1.29, 1.82) is 0 Å². The Morgan fingerprint density at radius 1 is 0.282 bits per heavy atom. The molecule has 2 aromatic heterocycles. The highest BCUT2D eigenvalue weighted by Gasteiger charge is 2.49. The Morgan fingerprint density at radius 3 is 1.25 bits per heavy atom. The predicted octanol–water partition coefficient (Wildman–Crippen LogP) is 16.4. The third-order valence-electron chi connectivity index (χ3n) is 14.2. The zero-order valence-electron chi connectivity index (χ0n) is 39.8. The van der Waals surface area contributed by atoms with Gasteiger partial charge in [-0.05, 0) is 97.8 Å². The molecule has 0 saturated heterocycles. The topological polar surface area (TPSA) is 51.6 Å². The Hall–Kier alpha value is -8.86. The Morgan fingerprint density at radius 2 is 0.704 bits per heavy atom. The first-order chi connectivity index (χ1) is 35.1. The van der Waals surface area contributed by atoms with Crippen LogP contribution in [0.15, 0.2) is 243 Å². The lowest BCUT2D eigenvalue weighted by molar-refractivity contribution is 0.741. The van der Waals surface area contributed by atoms with Gasteiger partial charge in [0, 0.05) is 27.8 Å². The molecule has 0 radical (unpaired) electrons. The van der Waals surface area contributed by atoms with E-state index in [1.165, 1.54) is 33.4 Å². The van der Waals surface area contributed by atoms with Crippen LogP contribution in [0.2, 0.25) is 0 Å². The second kappa shape index (κ2) is 18.6. The van der Waals surface area contributed by atoms with Crippen molar-refractivity contribution in [1.82, 2.24) is 19.9 Å². The van der Waals surface area contributed by atoms with E-state index in [1.807, 2.05) is 24.3 Å². The molecule has 0 unspecified atom stereocenters. The Labute approximate surface area is 416 Å². The SMILES string of the molecule is CCc1ccccc1C1(c2ccccc2CC)c2ccc(-c3cc(-c4ccccc4)nc(-c4ccccc4)c3)cc2-c2c(-c3nc(-c4ccccc4)nc(-c4ccc(-c5ccccc5)cc4)n3)cccc21. The summed E-state index contributed by atoms with van der Waals surface area (Å²) in [6, 6.07) is 86.8. The number of rotatable bonds is 11. The maximum Gasteiger partial charge on any atom is 0.164 e. The second-order valence-electron chi connectivity index (χ2n) is 18.2. The van der Waals surface area contributed by atoms with Gasteiger partial charge in [-0.2, -0.15) is 0 Å². The molecule has 0 spiro atoms. The first kappa shape index (κ1) is 43.4. The van der Waals surface area contributed by atoms with E-state index in [-0.39, 0.29) is 0 Å². The van der Waals surface area contributed by atoms with E-state index >= 15 is 0 Å². The highest BCUT2D eigenvalue weighted by molar-refractivity contribution is 5.97. The molecule has 1 aliphatic carbocycles. The molecule has 71 heavy (non-hydrogen) atoms. The molecule has 0 bridgehead atoms. The molecule has 4 heteroatoms. The number of aryl methyl sites for hydroxylation is 2. The summed E-state index contributed by atoms with van der Waals surface area (Å²) in [5.41, 5.74) is 20.6. The van der Waals surface area contributed by atoms with Gasteiger partial charge in [0.25, 0.3) is 0 Å². The van der Waals surface area contributed by atoms with E-state index in [9.17, 15) is 0 Å². The molecule has 4 nitrogen and oxygen atoms in total. The van der Waals surface area contributed by atoms with Crippen molar-refractivity contribution in [2.75, 3.05) is 0 Å². The number of aromatic nitrogens is 4. The van der Waals surface area contributed by atoms with Gasteiger partial charge >= 0.3 is 0 Å². The minimum absolute atomic E-state index is 0.621. The number of fused-ring (bicyclic) bond motifs is 3. The summed E-state index contributed by atoms with van der Waals surface area (Å²) in [5.74, 6) is 1.87. The van der Waals surface area contributed by atoms with Crippen LogP contribution in [0.5, 0.6) is 0 Å². The van der Waals surface area contributed by atoms with Gasteiger partial charge < -0.3 is 0 Å². The molecule has 9 aromatic carbocycles. The van der Waals surface area contributed by atoms with Gasteiger partial charge in [0.15, 0.2) is 17.5 Å². The highest BCUT2D eigenvalue weighted by atomic mass is 15.0. The molecule has 0 N–H and O–H groups in total. The smallest absolute Gasteiger partial charge is 0.164 e. The van der Waals surface area contributed by atoms with E-state index < -0.39 is 5.41 Å². The molecule has 12 rings (SSSR count). The van der Waals surface area contributed by atoms with Crippen LogP contribution in [-0.4, -0.2) is 19.9 Å². The lowest BCUT2D eigenvalue weighted by atomic mass is 9.64. The summed E-state index contributed by atoms with van der Waals surface area (Å²) in [6.07, 6.45) is 1.77. The fraction of sp³-hybridized carbons (Fsp3) is 0.0746. The second-order valence-corrected chi connectivity index (χ2v) is 18.2. The summed E-state index contributed by atoms with van der Waals surface area (Å²) in [4.78, 5) is 21.3. The van der Waals surface area contributed by atoms with Crippen LogP contribution in [0.4, 0.5) is 0 Å². The van der Waals surface area contributed by atoms with Gasteiger partial charge in [0.1, 0.15) is 0 Å². The normalized spacial score (nSPS) is 12.3. The molecule has 2 heterocycles. The zero-order chi connectivity index (χ0) is 47.7. The minimum atomic E-state index is -0.660. The highest BCUT2D eigenvalue weighted by Crippen LogP contribution is 2.60. The quantitative estimate of drug-likeness (QED) is 0.130. The average Bonchev–Trinajstić information content (AvgIpc) is 3.76. The zero-order valence-corrected chi connectivity index (χ0v) is 39.8. The fourth-order valence-electron chi connectivity index (χ4n) is 10.9. The number of hydrogen-bond donors (Lipinski definition) is 0. The molecular weight excluding hydrogens is 861 g/mol. The monoisotopic (exact) mass is 910 g/mol. The third kappa shape index (κ3) is 7.75. The summed E-state index contributed by atoms with van der Waals surface area (Å²) >= 11 is 0. The molecule has 11 aromatic rings. The van der Waals surface area contributed by atoms with E-state index in [0.29, 0.717) is 17.5 Å². The first-order valence-corrected chi connectivity index (χ1v) is 24.7. The number of hydrogen-bond acceptors (Lipinski definition) is 4. The Kier molecular flexibility index (Phi) is 11.4. The third-order valence-corrected chi connectivity index (χ3v) is 14.2. The van der Waals surface area contributed by atoms with Crippen molar-refractivity contribution in [3.8, 4) is 90.1 Å². The average molecular weight is 911 g/mol. The molecule has 1 aliphatic rings. The molecule has 0 atom stereocenters.